The number of hydrogen-bond acceptors (Lipinski definition) is 3. The fraction of sp³-hybridized carbons (Fsp3) is 0.900. The largest absolute Gasteiger partial charge is 0.480 e. The molecular formula is C10H19NO2S. The molecule has 1 atom stereocenters. The molecule has 0 aromatic carbocycles. The number of aliphatic carboxylic acids is 1. The molecular weight excluding hydrogens is 198 g/mol. The number of nitrogens with zero attached hydrogens (tertiary/aromatic N) is 1. The van der Waals surface area contributed by atoms with E-state index in [0.717, 1.165) is 43.9 Å². The van der Waals surface area contributed by atoms with Crippen LogP contribution < -0.4 is 0 Å². The Morgan fingerprint density at radius 2 is 2.14 bits per heavy atom. The predicted molar refractivity (Wildman–Crippen MR) is 59.8 cm³/mol. The van der Waals surface area contributed by atoms with Gasteiger partial charge in [-0.25, -0.2) is 0 Å². The summed E-state index contributed by atoms with van der Waals surface area (Å²) in [4.78, 5) is 13.1. The van der Waals surface area contributed by atoms with Gasteiger partial charge in [0, 0.05) is 0 Å². The van der Waals surface area contributed by atoms with Crippen LogP contribution in [0.25, 0.3) is 0 Å². The highest BCUT2D eigenvalue weighted by molar-refractivity contribution is 7.99. The van der Waals surface area contributed by atoms with Crippen molar-refractivity contribution in [3.05, 3.63) is 0 Å². The van der Waals surface area contributed by atoms with Gasteiger partial charge < -0.3 is 5.11 Å². The summed E-state index contributed by atoms with van der Waals surface area (Å²) in [7, 11) is 0. The standard InChI is InChI=1S/C10H19NO2S/c1-2-14-8-5-9(10(12)13)11-6-3-4-7-11/h9H,2-8H2,1H3,(H,12,13). The van der Waals surface area contributed by atoms with Crippen LogP contribution >= 0.6 is 11.8 Å². The van der Waals surface area contributed by atoms with Crippen LogP contribution in [0.3, 0.4) is 0 Å². The molecule has 82 valence electrons. The molecule has 0 aliphatic carbocycles. The Labute approximate surface area is 89.9 Å². The summed E-state index contributed by atoms with van der Waals surface area (Å²) in [6, 6.07) is -0.239. The summed E-state index contributed by atoms with van der Waals surface area (Å²) in [5.74, 6) is 1.39. The smallest absolute Gasteiger partial charge is 0.320 e. The molecule has 14 heavy (non-hydrogen) atoms. The van der Waals surface area contributed by atoms with Crippen LogP contribution in [0, 0.1) is 0 Å². The van der Waals surface area contributed by atoms with E-state index >= 15 is 0 Å². The lowest BCUT2D eigenvalue weighted by Crippen LogP contribution is -2.39. The Morgan fingerprint density at radius 1 is 1.50 bits per heavy atom. The first-order valence-corrected chi connectivity index (χ1v) is 6.45. The second-order valence-corrected chi connectivity index (χ2v) is 4.98. The van der Waals surface area contributed by atoms with Crippen LogP contribution in [-0.2, 0) is 4.79 Å². The molecule has 1 aliphatic heterocycles. The summed E-state index contributed by atoms with van der Waals surface area (Å²) in [6.07, 6.45) is 3.10. The van der Waals surface area contributed by atoms with Gasteiger partial charge in [-0.15, -0.1) is 0 Å². The molecule has 1 rings (SSSR count). The van der Waals surface area contributed by atoms with E-state index in [9.17, 15) is 4.79 Å². The third kappa shape index (κ3) is 3.50. The van der Waals surface area contributed by atoms with E-state index in [1.54, 1.807) is 0 Å². The van der Waals surface area contributed by atoms with E-state index in [1.165, 1.54) is 0 Å². The van der Waals surface area contributed by atoms with Crippen molar-refractivity contribution in [2.24, 2.45) is 0 Å². The zero-order chi connectivity index (χ0) is 10.4. The molecule has 0 bridgehead atoms. The lowest BCUT2D eigenvalue weighted by Gasteiger charge is -2.23. The van der Waals surface area contributed by atoms with Gasteiger partial charge in [-0.05, 0) is 43.9 Å². The first-order valence-electron chi connectivity index (χ1n) is 5.30. The van der Waals surface area contributed by atoms with Crippen LogP contribution in [0.5, 0.6) is 0 Å². The number of carboxylic acids is 1. The maximum absolute atomic E-state index is 11.0. The van der Waals surface area contributed by atoms with Crippen LogP contribution in [0.1, 0.15) is 26.2 Å². The molecule has 0 saturated carbocycles. The molecule has 0 aromatic rings. The SMILES string of the molecule is CCSCCC(C(=O)O)N1CCCC1. The molecule has 0 radical (unpaired) electrons. The van der Waals surface area contributed by atoms with Gasteiger partial charge in [-0.1, -0.05) is 6.92 Å². The molecule has 0 amide bonds. The zero-order valence-electron chi connectivity index (χ0n) is 8.74. The van der Waals surface area contributed by atoms with Gasteiger partial charge in [0.05, 0.1) is 0 Å². The second-order valence-electron chi connectivity index (χ2n) is 3.58. The number of likely N-dealkylation sites (tertiary alicyclic amines) is 1. The monoisotopic (exact) mass is 217 g/mol. The summed E-state index contributed by atoms with van der Waals surface area (Å²) in [5, 5.41) is 9.08. The quantitative estimate of drug-likeness (QED) is 0.687. The van der Waals surface area contributed by atoms with Crippen molar-refractivity contribution in [2.75, 3.05) is 24.6 Å². The minimum absolute atomic E-state index is 0.239. The molecule has 1 aliphatic rings. The van der Waals surface area contributed by atoms with Gasteiger partial charge in [-0.3, -0.25) is 9.69 Å². The molecule has 0 aromatic heterocycles. The number of carboxylic acid groups (broad SMARTS) is 1. The van der Waals surface area contributed by atoms with Gasteiger partial charge in [0.15, 0.2) is 0 Å². The van der Waals surface area contributed by atoms with Crippen molar-refractivity contribution in [2.45, 2.75) is 32.2 Å². The van der Waals surface area contributed by atoms with Crippen LogP contribution in [0.4, 0.5) is 0 Å². The molecule has 1 N–H and O–H groups in total. The summed E-state index contributed by atoms with van der Waals surface area (Å²) in [5.41, 5.74) is 0. The maximum Gasteiger partial charge on any atom is 0.320 e. The van der Waals surface area contributed by atoms with E-state index in [1.807, 2.05) is 11.8 Å². The highest BCUT2D eigenvalue weighted by Gasteiger charge is 2.26. The average Bonchev–Trinajstić information content (AvgIpc) is 2.64. The lowest BCUT2D eigenvalue weighted by atomic mass is 10.2. The zero-order valence-corrected chi connectivity index (χ0v) is 9.55. The van der Waals surface area contributed by atoms with Crippen molar-refractivity contribution in [1.82, 2.24) is 4.90 Å². The highest BCUT2D eigenvalue weighted by atomic mass is 32.2. The summed E-state index contributed by atoms with van der Waals surface area (Å²) >= 11 is 1.82. The first-order chi connectivity index (χ1) is 6.75. The van der Waals surface area contributed by atoms with Gasteiger partial charge in [0.1, 0.15) is 6.04 Å². The molecule has 1 fully saturated rings. The Hall–Kier alpha value is -0.220. The van der Waals surface area contributed by atoms with E-state index in [0.29, 0.717) is 0 Å². The van der Waals surface area contributed by atoms with E-state index in [4.69, 9.17) is 5.11 Å². The van der Waals surface area contributed by atoms with Crippen molar-refractivity contribution in [3.63, 3.8) is 0 Å². The molecule has 4 heteroatoms. The fourth-order valence-electron chi connectivity index (χ4n) is 1.85. The molecule has 1 heterocycles. The van der Waals surface area contributed by atoms with Gasteiger partial charge in [0.2, 0.25) is 0 Å². The Bertz CT molecular complexity index is 181. The van der Waals surface area contributed by atoms with Crippen molar-refractivity contribution >= 4 is 17.7 Å². The van der Waals surface area contributed by atoms with Crippen LogP contribution in [0.15, 0.2) is 0 Å². The Kier molecular flexibility index (Phi) is 5.33. The van der Waals surface area contributed by atoms with Gasteiger partial charge >= 0.3 is 5.97 Å². The topological polar surface area (TPSA) is 40.5 Å². The van der Waals surface area contributed by atoms with Crippen molar-refractivity contribution in [1.29, 1.82) is 0 Å². The first kappa shape index (κ1) is 11.9. The normalized spacial score (nSPS) is 19.8. The summed E-state index contributed by atoms with van der Waals surface area (Å²) < 4.78 is 0. The predicted octanol–water partition coefficient (Wildman–Crippen LogP) is 1.68. The Morgan fingerprint density at radius 3 is 2.64 bits per heavy atom. The van der Waals surface area contributed by atoms with E-state index in [-0.39, 0.29) is 6.04 Å². The van der Waals surface area contributed by atoms with Crippen molar-refractivity contribution in [3.8, 4) is 0 Å². The Balaban J connectivity index is 2.34. The molecule has 3 nitrogen and oxygen atoms in total. The number of rotatable bonds is 6. The number of hydrogen-bond donors (Lipinski definition) is 1. The number of thioether (sulfide) groups is 1. The van der Waals surface area contributed by atoms with E-state index < -0.39 is 5.97 Å². The molecule has 0 spiro atoms. The molecule has 1 unspecified atom stereocenters. The fourth-order valence-corrected chi connectivity index (χ4v) is 2.53. The minimum atomic E-state index is -0.649. The average molecular weight is 217 g/mol. The molecule has 1 saturated heterocycles. The van der Waals surface area contributed by atoms with Crippen molar-refractivity contribution < 1.29 is 9.90 Å². The number of carbonyl (C=O) groups is 1. The summed E-state index contributed by atoms with van der Waals surface area (Å²) in [6.45, 7) is 4.04. The second kappa shape index (κ2) is 6.30. The third-order valence-electron chi connectivity index (χ3n) is 2.61. The lowest BCUT2D eigenvalue weighted by molar-refractivity contribution is -0.142. The van der Waals surface area contributed by atoms with E-state index in [2.05, 4.69) is 11.8 Å². The van der Waals surface area contributed by atoms with Crippen LogP contribution in [-0.4, -0.2) is 46.6 Å². The maximum atomic E-state index is 11.0. The van der Waals surface area contributed by atoms with Gasteiger partial charge in [-0.2, -0.15) is 11.8 Å². The highest BCUT2D eigenvalue weighted by Crippen LogP contribution is 2.16. The minimum Gasteiger partial charge on any atom is -0.480 e. The van der Waals surface area contributed by atoms with Gasteiger partial charge in [0.25, 0.3) is 0 Å². The van der Waals surface area contributed by atoms with Crippen LogP contribution in [0.2, 0.25) is 0 Å². The third-order valence-corrected chi connectivity index (χ3v) is 3.54.